The molecule has 184 valence electrons. The summed E-state index contributed by atoms with van der Waals surface area (Å²) in [5.41, 5.74) is 0. The van der Waals surface area contributed by atoms with Gasteiger partial charge in [0, 0.05) is 0 Å². The zero-order valence-electron chi connectivity index (χ0n) is 21.9. The summed E-state index contributed by atoms with van der Waals surface area (Å²) < 4.78 is 2.65. The monoisotopic (exact) mass is 432 g/mol. The molecular weight excluding hydrogens is 376 g/mol. The molecule has 30 heavy (non-hydrogen) atoms. The zero-order valence-corrected chi connectivity index (χ0v) is 21.9. The van der Waals surface area contributed by atoms with E-state index in [4.69, 9.17) is 15.0 Å². The van der Waals surface area contributed by atoms with Crippen LogP contribution in [-0.2, 0) is 0 Å². The van der Waals surface area contributed by atoms with Crippen molar-refractivity contribution in [1.82, 2.24) is 0 Å². The van der Waals surface area contributed by atoms with Gasteiger partial charge >= 0.3 is 0 Å². The average molecular weight is 433 g/mol. The largest absolute Gasteiger partial charge is 0.652 e. The lowest BCUT2D eigenvalue weighted by atomic mass is 10.2. The second kappa shape index (κ2) is 22.9. The van der Waals surface area contributed by atoms with Crippen LogP contribution in [0, 0.1) is 0 Å². The van der Waals surface area contributed by atoms with Crippen molar-refractivity contribution in [3.05, 3.63) is 0 Å². The highest BCUT2D eigenvalue weighted by atomic mass is 16.6. The number of carboxylic acid groups (broad SMARTS) is 2. The van der Waals surface area contributed by atoms with E-state index in [-0.39, 0.29) is 0 Å². The average Bonchev–Trinajstić information content (AvgIpc) is 2.75. The normalized spacial score (nSPS) is 11.2. The fourth-order valence-corrected chi connectivity index (χ4v) is 4.04. The molecule has 0 saturated heterocycles. The predicted octanol–water partition coefficient (Wildman–Crippen LogP) is 4.44. The number of nitrogens with zero attached hydrogens (tertiary/aromatic N) is 2. The summed E-state index contributed by atoms with van der Waals surface area (Å²) in [7, 11) is 0. The van der Waals surface area contributed by atoms with Gasteiger partial charge in [0.1, 0.15) is 0 Å². The van der Waals surface area contributed by atoms with E-state index in [0.29, 0.717) is 0 Å². The van der Waals surface area contributed by atoms with Crippen LogP contribution < -0.4 is 10.2 Å². The third-order valence-corrected chi connectivity index (χ3v) is 7.00. The van der Waals surface area contributed by atoms with Crippen molar-refractivity contribution < 1.29 is 24.0 Å². The van der Waals surface area contributed by atoms with Crippen LogP contribution in [0.1, 0.15) is 107 Å². The van der Waals surface area contributed by atoms with E-state index in [0.717, 1.165) is 0 Å². The minimum absolute atomic E-state index is 1.30. The van der Waals surface area contributed by atoms with Crippen molar-refractivity contribution in [3.63, 3.8) is 0 Å². The number of hydrogen-bond acceptors (Lipinski definition) is 3. The second-order valence-corrected chi connectivity index (χ2v) is 8.40. The molecule has 0 saturated carbocycles. The maximum absolute atomic E-state index is 8.33. The molecule has 0 radical (unpaired) electrons. The van der Waals surface area contributed by atoms with Crippen molar-refractivity contribution in [2.24, 2.45) is 0 Å². The molecule has 0 spiro atoms. The Hall–Kier alpha value is -0.810. The second-order valence-electron chi connectivity index (χ2n) is 8.40. The number of carbonyl (C=O) groups excluding carboxylic acids is 1. The number of quaternary nitrogens is 2. The Labute approximate surface area is 189 Å². The van der Waals surface area contributed by atoms with Gasteiger partial charge in [0.15, 0.2) is 0 Å². The van der Waals surface area contributed by atoms with Gasteiger partial charge in [0.25, 0.3) is 0 Å². The first-order valence-corrected chi connectivity index (χ1v) is 12.8. The van der Waals surface area contributed by atoms with Gasteiger partial charge in [-0.2, -0.15) is 0 Å². The molecule has 0 aromatic heterocycles. The highest BCUT2D eigenvalue weighted by Gasteiger charge is 2.19. The maximum Gasteiger partial charge on any atom is 0.0786 e. The number of hydrogen-bond donors (Lipinski definition) is 0. The molecule has 0 aromatic carbocycles. The van der Waals surface area contributed by atoms with Crippen molar-refractivity contribution in [3.8, 4) is 0 Å². The lowest BCUT2D eigenvalue weighted by Gasteiger charge is -2.35. The molecule has 0 aliphatic carbocycles. The summed E-state index contributed by atoms with van der Waals surface area (Å²) in [6, 6.07) is 0. The summed E-state index contributed by atoms with van der Waals surface area (Å²) >= 11 is 0. The highest BCUT2D eigenvalue weighted by Crippen LogP contribution is 2.11. The highest BCUT2D eigenvalue weighted by molar-refractivity contribution is 5.47. The lowest BCUT2D eigenvalue weighted by molar-refractivity contribution is -0.923. The van der Waals surface area contributed by atoms with Gasteiger partial charge in [0.2, 0.25) is 0 Å². The third-order valence-electron chi connectivity index (χ3n) is 7.00. The smallest absolute Gasteiger partial charge is 0.0786 e. The number of unbranched alkanes of at least 4 members (excludes halogenated alkanes) is 6. The van der Waals surface area contributed by atoms with Gasteiger partial charge in [-0.15, -0.1) is 0 Å². The van der Waals surface area contributed by atoms with Gasteiger partial charge in [-0.05, 0) is 73.4 Å². The molecule has 0 aromatic rings. The van der Waals surface area contributed by atoms with Crippen molar-refractivity contribution in [1.29, 1.82) is 0 Å². The molecule has 0 unspecified atom stereocenters. The summed E-state index contributed by atoms with van der Waals surface area (Å²) in [4.78, 5) is 8.33. The Morgan fingerprint density at radius 2 is 0.733 bits per heavy atom. The van der Waals surface area contributed by atoms with E-state index < -0.39 is 6.16 Å². The Kier molecular flexibility index (Phi) is 25.8. The maximum atomic E-state index is 8.33. The van der Waals surface area contributed by atoms with E-state index in [1.54, 1.807) is 0 Å². The molecule has 0 heterocycles. The van der Waals surface area contributed by atoms with Crippen LogP contribution in [0.5, 0.6) is 0 Å². The molecule has 0 N–H and O–H groups in total. The lowest BCUT2D eigenvalue weighted by Crippen LogP contribution is -2.48. The molecule has 0 atom stereocenters. The molecule has 0 bridgehead atoms. The number of carbonyl (C=O) groups is 1. The topological polar surface area (TPSA) is 63.2 Å². The van der Waals surface area contributed by atoms with E-state index in [1.807, 2.05) is 0 Å². The van der Waals surface area contributed by atoms with E-state index in [2.05, 4.69) is 55.4 Å². The molecular formula is C25H56N2O3. The van der Waals surface area contributed by atoms with Crippen molar-refractivity contribution in [2.45, 2.75) is 107 Å². The summed E-state index contributed by atoms with van der Waals surface area (Å²) in [5.74, 6) is 0. The van der Waals surface area contributed by atoms with Gasteiger partial charge in [0.05, 0.1) is 52.4 Å². The standard InChI is InChI=1S/2C12H28N.CH2O3/c2*1-5-9-10-11-12-13(6-2,7-3)8-4;2-1(3)4/h2*5-12H2,1-4H3;(H2,2,3,4)/q2*+1;/p-2. The minimum Gasteiger partial charge on any atom is -0.652 e. The first-order chi connectivity index (χ1) is 14.2. The van der Waals surface area contributed by atoms with E-state index in [1.165, 1.54) is 113 Å². The Bertz CT molecular complexity index is 306. The summed E-state index contributed by atoms with van der Waals surface area (Å²) in [5, 5.41) is 16.7. The SMILES string of the molecule is CCCCCC[N+](CC)(CC)CC.CCCCCC[N+](CC)(CC)CC.O=C([O-])[O-]. The molecule has 0 aliphatic heterocycles. The molecule has 0 aliphatic rings. The van der Waals surface area contributed by atoms with Crippen LogP contribution in [0.2, 0.25) is 0 Å². The zero-order chi connectivity index (χ0) is 23.9. The minimum atomic E-state index is -2.33. The quantitative estimate of drug-likeness (QED) is 0.267. The Morgan fingerprint density at radius 1 is 0.500 bits per heavy atom. The van der Waals surface area contributed by atoms with Crippen LogP contribution in [0.4, 0.5) is 4.79 Å². The Morgan fingerprint density at radius 3 is 0.900 bits per heavy atom. The van der Waals surface area contributed by atoms with Crippen molar-refractivity contribution in [2.75, 3.05) is 52.4 Å². The fourth-order valence-electron chi connectivity index (χ4n) is 4.04. The van der Waals surface area contributed by atoms with E-state index >= 15 is 0 Å². The molecule has 0 amide bonds. The van der Waals surface area contributed by atoms with Crippen LogP contribution in [0.25, 0.3) is 0 Å². The molecule has 0 rings (SSSR count). The first kappa shape index (κ1) is 33.8. The summed E-state index contributed by atoms with van der Waals surface area (Å²) in [6.07, 6.45) is 8.89. The van der Waals surface area contributed by atoms with Gasteiger partial charge in [-0.3, -0.25) is 0 Å². The first-order valence-electron chi connectivity index (χ1n) is 12.8. The van der Waals surface area contributed by atoms with Gasteiger partial charge in [-0.1, -0.05) is 39.5 Å². The van der Waals surface area contributed by atoms with Crippen LogP contribution in [0.15, 0.2) is 0 Å². The third kappa shape index (κ3) is 19.2. The fraction of sp³-hybridized carbons (Fsp3) is 0.960. The van der Waals surface area contributed by atoms with Crippen molar-refractivity contribution >= 4 is 6.16 Å². The van der Waals surface area contributed by atoms with Crippen LogP contribution >= 0.6 is 0 Å². The predicted molar refractivity (Wildman–Crippen MR) is 127 cm³/mol. The van der Waals surface area contributed by atoms with Crippen LogP contribution in [0.3, 0.4) is 0 Å². The molecule has 5 nitrogen and oxygen atoms in total. The van der Waals surface area contributed by atoms with Gasteiger partial charge < -0.3 is 24.0 Å². The van der Waals surface area contributed by atoms with Crippen LogP contribution in [-0.4, -0.2) is 67.5 Å². The molecule has 5 heteroatoms. The summed E-state index contributed by atoms with van der Waals surface area (Å²) in [6.45, 7) is 29.1. The Balaban J connectivity index is -0.000000412. The van der Waals surface area contributed by atoms with E-state index in [9.17, 15) is 0 Å². The number of rotatable bonds is 16. The molecule has 0 fully saturated rings. The van der Waals surface area contributed by atoms with Gasteiger partial charge in [-0.25, -0.2) is 0 Å².